The van der Waals surface area contributed by atoms with E-state index in [4.69, 9.17) is 9.78 Å². The van der Waals surface area contributed by atoms with Gasteiger partial charge < -0.3 is 15.1 Å². The zero-order valence-electron chi connectivity index (χ0n) is 17.3. The van der Waals surface area contributed by atoms with Crippen molar-refractivity contribution in [3.63, 3.8) is 0 Å². The van der Waals surface area contributed by atoms with Gasteiger partial charge in [-0.3, -0.25) is 19.7 Å². The first-order valence-electron chi connectivity index (χ1n) is 10.4. The maximum Gasteiger partial charge on any atom is 0.285 e. The van der Waals surface area contributed by atoms with Gasteiger partial charge in [-0.25, -0.2) is 0 Å². The van der Waals surface area contributed by atoms with E-state index in [0.717, 1.165) is 5.56 Å². The van der Waals surface area contributed by atoms with Crippen LogP contribution in [0.1, 0.15) is 24.0 Å². The number of carbonyl (C=O) groups is 2. The van der Waals surface area contributed by atoms with Crippen LogP contribution in [0, 0.1) is 16.2 Å². The van der Waals surface area contributed by atoms with Crippen molar-refractivity contribution < 1.29 is 24.3 Å². The molecular weight excluding hydrogens is 414 g/mol. The first kappa shape index (κ1) is 21.5. The third-order valence-electron chi connectivity index (χ3n) is 5.66. The lowest BCUT2D eigenvalue weighted by Gasteiger charge is -2.30. The summed E-state index contributed by atoms with van der Waals surface area (Å²) in [6.07, 6.45) is 5.74. The van der Waals surface area contributed by atoms with E-state index in [-0.39, 0.29) is 17.6 Å². The fourth-order valence-electron chi connectivity index (χ4n) is 3.99. The zero-order chi connectivity index (χ0) is 22.5. The van der Waals surface area contributed by atoms with Crippen molar-refractivity contribution in [3.05, 3.63) is 63.7 Å². The Labute approximate surface area is 184 Å². The van der Waals surface area contributed by atoms with E-state index >= 15 is 0 Å². The number of nitro benzene ring substituents is 1. The van der Waals surface area contributed by atoms with Gasteiger partial charge in [-0.05, 0) is 48.2 Å². The molecule has 0 aliphatic carbocycles. The molecule has 2 heterocycles. The highest BCUT2D eigenvalue weighted by atomic mass is 17.2. The largest absolute Gasteiger partial charge is 0.356 e. The molecule has 2 aliphatic rings. The number of hydrogen-bond acceptors (Lipinski definition) is 6. The fraction of sp³-hybridized carbons (Fsp3) is 0.304. The van der Waals surface area contributed by atoms with Crippen molar-refractivity contribution in [2.24, 2.45) is 0 Å². The van der Waals surface area contributed by atoms with E-state index in [9.17, 15) is 19.7 Å². The molecule has 2 aromatic rings. The summed E-state index contributed by atoms with van der Waals surface area (Å²) in [5.74, 6) is 0.411. The SMILES string of the molecule is O=CNC1CCN(C(=O)/C=C/c2cc[c]c([N+](=O)[O-])c2-c2ccc3c(c2)CCOO3)CC1. The summed E-state index contributed by atoms with van der Waals surface area (Å²) in [6.45, 7) is 1.48. The Bertz CT molecular complexity index is 1060. The monoisotopic (exact) mass is 436 g/mol. The molecule has 0 saturated carbocycles. The number of fused-ring (bicyclic) bond motifs is 1. The van der Waals surface area contributed by atoms with Crippen molar-refractivity contribution in [1.29, 1.82) is 0 Å². The standard InChI is InChI=1S/C23H22N3O6/c27-15-24-19-8-11-25(12-9-19)22(28)7-5-16-2-1-3-20(26(29)30)23(16)18-4-6-21-17(14-18)10-13-31-32-21/h1-2,4-7,14-15,19H,8-13H2,(H,24,27)/b7-5+. The Kier molecular flexibility index (Phi) is 6.46. The van der Waals surface area contributed by atoms with Crippen LogP contribution in [0.15, 0.2) is 36.4 Å². The number of piperidine rings is 1. The van der Waals surface area contributed by atoms with E-state index in [1.54, 1.807) is 29.2 Å². The minimum atomic E-state index is -0.474. The van der Waals surface area contributed by atoms with E-state index in [2.05, 4.69) is 11.4 Å². The maximum absolute atomic E-state index is 12.7. The topological polar surface area (TPSA) is 111 Å². The Morgan fingerprint density at radius 1 is 1.28 bits per heavy atom. The second-order valence-electron chi connectivity index (χ2n) is 7.61. The van der Waals surface area contributed by atoms with Crippen LogP contribution in [0.25, 0.3) is 17.2 Å². The van der Waals surface area contributed by atoms with Crippen LogP contribution in [-0.4, -0.2) is 47.9 Å². The molecule has 1 radical (unpaired) electrons. The molecule has 1 fully saturated rings. The number of nitro groups is 1. The lowest BCUT2D eigenvalue weighted by atomic mass is 9.94. The van der Waals surface area contributed by atoms with Gasteiger partial charge in [-0.2, -0.15) is 4.89 Å². The van der Waals surface area contributed by atoms with Crippen molar-refractivity contribution in [2.75, 3.05) is 19.7 Å². The van der Waals surface area contributed by atoms with Crippen molar-refractivity contribution >= 4 is 24.1 Å². The summed E-state index contributed by atoms with van der Waals surface area (Å²) in [6, 6.07) is 11.3. The predicted octanol–water partition coefficient (Wildman–Crippen LogP) is 2.68. The molecule has 9 nitrogen and oxygen atoms in total. The molecule has 0 aromatic heterocycles. The lowest BCUT2D eigenvalue weighted by molar-refractivity contribution is -0.384. The molecule has 1 N–H and O–H groups in total. The molecule has 0 atom stereocenters. The van der Waals surface area contributed by atoms with Gasteiger partial charge in [0, 0.05) is 37.2 Å². The summed E-state index contributed by atoms with van der Waals surface area (Å²) in [5.41, 5.74) is 2.32. The normalized spacial score (nSPS) is 16.3. The molecular formula is C23H22N3O6. The minimum Gasteiger partial charge on any atom is -0.356 e. The highest BCUT2D eigenvalue weighted by molar-refractivity contribution is 5.94. The Morgan fingerprint density at radius 3 is 2.84 bits per heavy atom. The number of rotatable bonds is 6. The highest BCUT2D eigenvalue weighted by Gasteiger charge is 2.23. The number of hydrogen-bond donors (Lipinski definition) is 1. The number of likely N-dealkylation sites (tertiary alicyclic amines) is 1. The van der Waals surface area contributed by atoms with Gasteiger partial charge in [0.05, 0.1) is 23.2 Å². The quantitative estimate of drug-likeness (QED) is 0.245. The maximum atomic E-state index is 12.7. The van der Waals surface area contributed by atoms with Crippen LogP contribution in [0.5, 0.6) is 5.75 Å². The number of carbonyl (C=O) groups excluding carboxylic acids is 2. The molecule has 2 aromatic carbocycles. The molecule has 1 saturated heterocycles. The third kappa shape index (κ3) is 4.62. The third-order valence-corrected chi connectivity index (χ3v) is 5.66. The van der Waals surface area contributed by atoms with Crippen LogP contribution in [0.3, 0.4) is 0 Å². The summed E-state index contributed by atoms with van der Waals surface area (Å²) in [4.78, 5) is 46.3. The molecule has 2 aliphatic heterocycles. The van der Waals surface area contributed by atoms with Gasteiger partial charge in [0.15, 0.2) is 5.75 Å². The molecule has 0 bridgehead atoms. The van der Waals surface area contributed by atoms with Crippen molar-refractivity contribution in [3.8, 4) is 16.9 Å². The average Bonchev–Trinajstić information content (AvgIpc) is 2.82. The van der Waals surface area contributed by atoms with E-state index < -0.39 is 4.92 Å². The Morgan fingerprint density at radius 2 is 2.09 bits per heavy atom. The van der Waals surface area contributed by atoms with Gasteiger partial charge in [0.1, 0.15) is 0 Å². The molecule has 32 heavy (non-hydrogen) atoms. The average molecular weight is 436 g/mol. The number of benzene rings is 2. The molecule has 165 valence electrons. The summed E-state index contributed by atoms with van der Waals surface area (Å²) >= 11 is 0. The van der Waals surface area contributed by atoms with Gasteiger partial charge in [-0.15, -0.1) is 0 Å². The summed E-state index contributed by atoms with van der Waals surface area (Å²) < 4.78 is 0. The second kappa shape index (κ2) is 9.61. The predicted molar refractivity (Wildman–Crippen MR) is 115 cm³/mol. The number of nitrogens with one attached hydrogen (secondary N) is 1. The second-order valence-corrected chi connectivity index (χ2v) is 7.61. The minimum absolute atomic E-state index is 0.0813. The molecule has 0 spiro atoms. The number of amides is 2. The van der Waals surface area contributed by atoms with Crippen LogP contribution in [0.4, 0.5) is 5.69 Å². The molecule has 0 unspecified atom stereocenters. The van der Waals surface area contributed by atoms with Gasteiger partial charge in [-0.1, -0.05) is 12.1 Å². The van der Waals surface area contributed by atoms with Gasteiger partial charge in [0.25, 0.3) is 5.69 Å². The van der Waals surface area contributed by atoms with E-state index in [0.29, 0.717) is 67.8 Å². The van der Waals surface area contributed by atoms with Crippen LogP contribution in [-0.2, 0) is 20.9 Å². The first-order chi connectivity index (χ1) is 15.6. The van der Waals surface area contributed by atoms with E-state index in [1.165, 1.54) is 12.1 Å². The zero-order valence-corrected chi connectivity index (χ0v) is 17.3. The smallest absolute Gasteiger partial charge is 0.285 e. The van der Waals surface area contributed by atoms with Crippen molar-refractivity contribution in [1.82, 2.24) is 10.2 Å². The van der Waals surface area contributed by atoms with Crippen LogP contribution < -0.4 is 10.2 Å². The lowest BCUT2D eigenvalue weighted by Crippen LogP contribution is -2.44. The van der Waals surface area contributed by atoms with Gasteiger partial charge >= 0.3 is 0 Å². The first-order valence-corrected chi connectivity index (χ1v) is 10.4. The molecule has 2 amide bonds. The fourth-order valence-corrected chi connectivity index (χ4v) is 3.99. The van der Waals surface area contributed by atoms with Crippen LogP contribution in [0.2, 0.25) is 0 Å². The highest BCUT2D eigenvalue weighted by Crippen LogP contribution is 2.37. The molecule has 9 heteroatoms. The van der Waals surface area contributed by atoms with Crippen molar-refractivity contribution in [2.45, 2.75) is 25.3 Å². The Hall–Kier alpha value is -3.72. The number of nitrogens with zero attached hydrogens (tertiary/aromatic N) is 2. The van der Waals surface area contributed by atoms with Crippen LogP contribution >= 0.6 is 0 Å². The Balaban J connectivity index is 1.61. The summed E-state index contributed by atoms with van der Waals surface area (Å²) in [5, 5.41) is 14.5. The molecule has 4 rings (SSSR count). The van der Waals surface area contributed by atoms with E-state index in [1.807, 2.05) is 6.07 Å². The summed E-state index contributed by atoms with van der Waals surface area (Å²) in [7, 11) is 0. The van der Waals surface area contributed by atoms with Gasteiger partial charge in [0.2, 0.25) is 12.3 Å².